The minimum atomic E-state index is 0.295. The molecule has 0 bridgehead atoms. The van der Waals surface area contributed by atoms with Crippen LogP contribution in [-0.2, 0) is 11.2 Å². The van der Waals surface area contributed by atoms with Gasteiger partial charge in [-0.1, -0.05) is 6.92 Å². The lowest BCUT2D eigenvalue weighted by Crippen LogP contribution is -2.41. The zero-order valence-electron chi connectivity index (χ0n) is 11.9. The predicted octanol–water partition coefficient (Wildman–Crippen LogP) is 2.45. The van der Waals surface area contributed by atoms with Crippen LogP contribution in [0.15, 0.2) is 12.1 Å². The molecular weight excluding hydrogens is 256 g/mol. The Morgan fingerprint density at radius 1 is 1.42 bits per heavy atom. The van der Waals surface area contributed by atoms with Crippen LogP contribution in [0.4, 0.5) is 0 Å². The molecule has 1 N–H and O–H groups in total. The van der Waals surface area contributed by atoms with E-state index >= 15 is 0 Å². The van der Waals surface area contributed by atoms with Crippen molar-refractivity contribution in [2.45, 2.75) is 33.1 Å². The summed E-state index contributed by atoms with van der Waals surface area (Å²) in [5.74, 6) is 1.04. The van der Waals surface area contributed by atoms with Crippen molar-refractivity contribution in [2.24, 2.45) is 5.92 Å². The molecule has 1 aliphatic heterocycles. The molecule has 1 aromatic rings. The van der Waals surface area contributed by atoms with E-state index in [-0.39, 0.29) is 0 Å². The standard InChI is InChI=1S/C15H24N2OS/c1-3-16-11-13-6-8-17(9-7-13)15(18)10-14-5-4-12(2)19-14/h4-5,13,16H,3,6-11H2,1-2H3. The molecule has 3 nitrogen and oxygen atoms in total. The Bertz CT molecular complexity index is 408. The van der Waals surface area contributed by atoms with E-state index in [1.807, 2.05) is 4.90 Å². The highest BCUT2D eigenvalue weighted by Gasteiger charge is 2.22. The Hall–Kier alpha value is -0.870. The molecule has 1 fully saturated rings. The summed E-state index contributed by atoms with van der Waals surface area (Å²) in [6, 6.07) is 4.17. The maximum Gasteiger partial charge on any atom is 0.227 e. The van der Waals surface area contributed by atoms with Gasteiger partial charge in [0.25, 0.3) is 0 Å². The molecule has 0 radical (unpaired) electrons. The molecule has 0 aromatic carbocycles. The summed E-state index contributed by atoms with van der Waals surface area (Å²) in [7, 11) is 0. The fraction of sp³-hybridized carbons (Fsp3) is 0.667. The first kappa shape index (κ1) is 14.5. The summed E-state index contributed by atoms with van der Waals surface area (Å²) in [6.45, 7) is 8.23. The molecule has 0 spiro atoms. The van der Waals surface area contributed by atoms with Crippen molar-refractivity contribution in [1.29, 1.82) is 0 Å². The number of amides is 1. The van der Waals surface area contributed by atoms with Gasteiger partial charge >= 0.3 is 0 Å². The van der Waals surface area contributed by atoms with Gasteiger partial charge in [0.1, 0.15) is 0 Å². The quantitative estimate of drug-likeness (QED) is 0.898. The maximum absolute atomic E-state index is 12.2. The van der Waals surface area contributed by atoms with E-state index in [0.717, 1.165) is 44.9 Å². The highest BCUT2D eigenvalue weighted by atomic mass is 32.1. The number of hydrogen-bond donors (Lipinski definition) is 1. The predicted molar refractivity (Wildman–Crippen MR) is 80.6 cm³/mol. The van der Waals surface area contributed by atoms with Gasteiger partial charge in [0.2, 0.25) is 5.91 Å². The van der Waals surface area contributed by atoms with E-state index in [1.165, 1.54) is 9.75 Å². The van der Waals surface area contributed by atoms with Gasteiger partial charge in [-0.25, -0.2) is 0 Å². The third-order valence-electron chi connectivity index (χ3n) is 3.77. The van der Waals surface area contributed by atoms with Crippen LogP contribution < -0.4 is 5.32 Å². The number of carbonyl (C=O) groups excluding carboxylic acids is 1. The van der Waals surface area contributed by atoms with E-state index in [2.05, 4.69) is 31.3 Å². The maximum atomic E-state index is 12.2. The van der Waals surface area contributed by atoms with Gasteiger partial charge in [-0.05, 0) is 50.9 Å². The summed E-state index contributed by atoms with van der Waals surface area (Å²) >= 11 is 1.73. The Labute approximate surface area is 120 Å². The third-order valence-corrected chi connectivity index (χ3v) is 4.77. The third kappa shape index (κ3) is 4.32. The van der Waals surface area contributed by atoms with E-state index < -0.39 is 0 Å². The van der Waals surface area contributed by atoms with Gasteiger partial charge in [0.15, 0.2) is 0 Å². The summed E-state index contributed by atoms with van der Waals surface area (Å²) in [4.78, 5) is 16.7. The Balaban J connectivity index is 1.76. The molecule has 0 saturated carbocycles. The summed E-state index contributed by atoms with van der Waals surface area (Å²) in [5, 5.41) is 3.40. The number of carbonyl (C=O) groups is 1. The Morgan fingerprint density at radius 3 is 2.74 bits per heavy atom. The molecule has 106 valence electrons. The molecule has 0 unspecified atom stereocenters. The molecule has 19 heavy (non-hydrogen) atoms. The zero-order valence-corrected chi connectivity index (χ0v) is 12.8. The molecule has 1 amide bonds. The number of nitrogens with zero attached hydrogens (tertiary/aromatic N) is 1. The van der Waals surface area contributed by atoms with Crippen LogP contribution in [0.3, 0.4) is 0 Å². The van der Waals surface area contributed by atoms with E-state index in [4.69, 9.17) is 0 Å². The average molecular weight is 280 g/mol. The SMILES string of the molecule is CCNCC1CCN(C(=O)Cc2ccc(C)s2)CC1. The van der Waals surface area contributed by atoms with Gasteiger partial charge in [-0.3, -0.25) is 4.79 Å². The van der Waals surface area contributed by atoms with Crippen LogP contribution in [0.2, 0.25) is 0 Å². The van der Waals surface area contributed by atoms with Crippen molar-refractivity contribution >= 4 is 17.2 Å². The first-order valence-electron chi connectivity index (χ1n) is 7.23. The number of piperidine rings is 1. The topological polar surface area (TPSA) is 32.3 Å². The van der Waals surface area contributed by atoms with Crippen LogP contribution in [0.25, 0.3) is 0 Å². The van der Waals surface area contributed by atoms with Crippen LogP contribution >= 0.6 is 11.3 Å². The van der Waals surface area contributed by atoms with Gasteiger partial charge in [0.05, 0.1) is 6.42 Å². The Kier molecular flexibility index (Phi) is 5.40. The van der Waals surface area contributed by atoms with Crippen LogP contribution in [0.5, 0.6) is 0 Å². The molecule has 4 heteroatoms. The highest BCUT2D eigenvalue weighted by molar-refractivity contribution is 7.12. The van der Waals surface area contributed by atoms with Gasteiger partial charge in [0, 0.05) is 22.8 Å². The number of rotatable bonds is 5. The number of nitrogens with one attached hydrogen (secondary N) is 1. The molecular formula is C15H24N2OS. The molecule has 1 aromatic heterocycles. The number of aryl methyl sites for hydroxylation is 1. The molecule has 0 aliphatic carbocycles. The largest absolute Gasteiger partial charge is 0.342 e. The first-order valence-corrected chi connectivity index (χ1v) is 8.04. The lowest BCUT2D eigenvalue weighted by molar-refractivity contribution is -0.131. The first-order chi connectivity index (χ1) is 9.19. The minimum absolute atomic E-state index is 0.295. The van der Waals surface area contributed by atoms with Gasteiger partial charge in [-0.2, -0.15) is 0 Å². The van der Waals surface area contributed by atoms with E-state index in [9.17, 15) is 4.79 Å². The summed E-state index contributed by atoms with van der Waals surface area (Å²) in [6.07, 6.45) is 2.86. The summed E-state index contributed by atoms with van der Waals surface area (Å²) in [5.41, 5.74) is 0. The normalized spacial score (nSPS) is 16.8. The van der Waals surface area contributed by atoms with Crippen molar-refractivity contribution in [1.82, 2.24) is 10.2 Å². The van der Waals surface area contributed by atoms with E-state index in [1.54, 1.807) is 11.3 Å². The molecule has 2 heterocycles. The Morgan fingerprint density at radius 2 is 2.16 bits per heavy atom. The second-order valence-corrected chi connectivity index (χ2v) is 6.69. The fourth-order valence-corrected chi connectivity index (χ4v) is 3.46. The molecule has 0 atom stereocenters. The van der Waals surface area contributed by atoms with Crippen molar-refractivity contribution in [3.63, 3.8) is 0 Å². The van der Waals surface area contributed by atoms with Gasteiger partial charge < -0.3 is 10.2 Å². The van der Waals surface area contributed by atoms with Crippen molar-refractivity contribution in [3.8, 4) is 0 Å². The van der Waals surface area contributed by atoms with Crippen molar-refractivity contribution in [2.75, 3.05) is 26.2 Å². The van der Waals surface area contributed by atoms with Crippen LogP contribution in [0.1, 0.15) is 29.5 Å². The van der Waals surface area contributed by atoms with Crippen LogP contribution in [-0.4, -0.2) is 37.0 Å². The smallest absolute Gasteiger partial charge is 0.227 e. The number of thiophene rings is 1. The lowest BCUT2D eigenvalue weighted by Gasteiger charge is -2.32. The molecule has 1 aliphatic rings. The van der Waals surface area contributed by atoms with Crippen molar-refractivity contribution in [3.05, 3.63) is 21.9 Å². The number of hydrogen-bond acceptors (Lipinski definition) is 3. The minimum Gasteiger partial charge on any atom is -0.342 e. The number of likely N-dealkylation sites (tertiary alicyclic amines) is 1. The zero-order chi connectivity index (χ0) is 13.7. The second kappa shape index (κ2) is 7.06. The average Bonchev–Trinajstić information content (AvgIpc) is 2.82. The highest BCUT2D eigenvalue weighted by Crippen LogP contribution is 2.20. The fourth-order valence-electron chi connectivity index (χ4n) is 2.58. The molecule has 2 rings (SSSR count). The lowest BCUT2D eigenvalue weighted by atomic mass is 9.96. The van der Waals surface area contributed by atoms with Gasteiger partial charge in [-0.15, -0.1) is 11.3 Å². The van der Waals surface area contributed by atoms with E-state index in [0.29, 0.717) is 12.3 Å². The molecule has 1 saturated heterocycles. The monoisotopic (exact) mass is 280 g/mol. The van der Waals surface area contributed by atoms with Crippen LogP contribution in [0, 0.1) is 12.8 Å². The van der Waals surface area contributed by atoms with Crippen molar-refractivity contribution < 1.29 is 4.79 Å². The second-order valence-electron chi connectivity index (χ2n) is 5.32. The summed E-state index contributed by atoms with van der Waals surface area (Å²) < 4.78 is 0.